The van der Waals surface area contributed by atoms with Crippen LogP contribution in [0.15, 0.2) is 58.2 Å². The number of carbonyl (C=O) groups is 1. The van der Waals surface area contributed by atoms with E-state index in [1.807, 2.05) is 6.07 Å². The lowest BCUT2D eigenvalue weighted by Gasteiger charge is -2.04. The largest absolute Gasteiger partial charge is 0.411 e. The molecule has 1 heterocycles. The second kappa shape index (κ2) is 8.13. The van der Waals surface area contributed by atoms with Crippen LogP contribution in [0, 0.1) is 5.82 Å². The van der Waals surface area contributed by atoms with Crippen molar-refractivity contribution >= 4 is 29.3 Å². The topological polar surface area (TPSA) is 68.0 Å². The first kappa shape index (κ1) is 17.4. The number of hydrogen-bond acceptors (Lipinski definition) is 5. The summed E-state index contributed by atoms with van der Waals surface area (Å²) in [6.45, 7) is 0.331. The highest BCUT2D eigenvalue weighted by Crippen LogP contribution is 2.24. The van der Waals surface area contributed by atoms with E-state index < -0.39 is 0 Å². The lowest BCUT2D eigenvalue weighted by molar-refractivity contribution is -0.118. The lowest BCUT2D eigenvalue weighted by Crippen LogP contribution is -2.24. The van der Waals surface area contributed by atoms with Gasteiger partial charge in [0.05, 0.1) is 5.75 Å². The van der Waals surface area contributed by atoms with Gasteiger partial charge in [0.2, 0.25) is 11.8 Å². The number of aromatic nitrogens is 2. The Kier molecular flexibility index (Phi) is 5.67. The Bertz CT molecular complexity index is 870. The van der Waals surface area contributed by atoms with Crippen molar-refractivity contribution in [3.8, 4) is 11.5 Å². The minimum absolute atomic E-state index is 0.137. The second-order valence-corrected chi connectivity index (χ2v) is 6.44. The number of amides is 1. The second-order valence-electron chi connectivity index (χ2n) is 5.08. The van der Waals surface area contributed by atoms with Crippen molar-refractivity contribution in [1.29, 1.82) is 0 Å². The molecule has 128 valence electrons. The zero-order chi connectivity index (χ0) is 17.6. The minimum Gasteiger partial charge on any atom is -0.411 e. The van der Waals surface area contributed by atoms with E-state index in [0.717, 1.165) is 17.3 Å². The number of halogens is 2. The zero-order valence-electron chi connectivity index (χ0n) is 12.9. The van der Waals surface area contributed by atoms with Gasteiger partial charge in [-0.2, -0.15) is 0 Å². The quantitative estimate of drug-likeness (QED) is 0.659. The van der Waals surface area contributed by atoms with Crippen molar-refractivity contribution < 1.29 is 13.6 Å². The van der Waals surface area contributed by atoms with E-state index in [2.05, 4.69) is 15.5 Å². The van der Waals surface area contributed by atoms with Crippen LogP contribution in [0.2, 0.25) is 5.02 Å². The van der Waals surface area contributed by atoms with Gasteiger partial charge in [0, 0.05) is 17.1 Å². The smallest absolute Gasteiger partial charge is 0.277 e. The summed E-state index contributed by atoms with van der Waals surface area (Å²) >= 11 is 7.07. The summed E-state index contributed by atoms with van der Waals surface area (Å²) in [7, 11) is 0. The van der Waals surface area contributed by atoms with Gasteiger partial charge in [-0.15, -0.1) is 10.2 Å². The van der Waals surface area contributed by atoms with Gasteiger partial charge in [-0.25, -0.2) is 4.39 Å². The molecule has 3 aromatic rings. The minimum atomic E-state index is -0.308. The van der Waals surface area contributed by atoms with Gasteiger partial charge in [-0.05, 0) is 35.9 Å². The monoisotopic (exact) mass is 377 g/mol. The van der Waals surface area contributed by atoms with Crippen molar-refractivity contribution in [1.82, 2.24) is 15.5 Å². The molecule has 5 nitrogen and oxygen atoms in total. The van der Waals surface area contributed by atoms with E-state index in [-0.39, 0.29) is 17.5 Å². The van der Waals surface area contributed by atoms with E-state index in [1.54, 1.807) is 30.3 Å². The van der Waals surface area contributed by atoms with Crippen LogP contribution in [0.1, 0.15) is 5.56 Å². The molecule has 0 aliphatic rings. The predicted molar refractivity (Wildman–Crippen MR) is 93.7 cm³/mol. The summed E-state index contributed by atoms with van der Waals surface area (Å²) in [6.07, 6.45) is 0. The number of nitrogens with one attached hydrogen (secondary N) is 1. The number of carbonyl (C=O) groups excluding carboxylic acids is 1. The first-order valence-electron chi connectivity index (χ1n) is 7.33. The summed E-state index contributed by atoms with van der Waals surface area (Å²) < 4.78 is 18.3. The molecule has 0 aliphatic heterocycles. The predicted octanol–water partition coefficient (Wildman–Crippen LogP) is 3.94. The molecule has 0 atom stereocenters. The molecule has 1 N–H and O–H groups in total. The fourth-order valence-electron chi connectivity index (χ4n) is 1.99. The number of benzene rings is 2. The van der Waals surface area contributed by atoms with Gasteiger partial charge in [0.15, 0.2) is 0 Å². The fourth-order valence-corrected chi connectivity index (χ4v) is 2.77. The molecule has 8 heteroatoms. The van der Waals surface area contributed by atoms with Crippen LogP contribution in [-0.4, -0.2) is 21.9 Å². The van der Waals surface area contributed by atoms with E-state index in [9.17, 15) is 9.18 Å². The van der Waals surface area contributed by atoms with Crippen LogP contribution in [0.3, 0.4) is 0 Å². The van der Waals surface area contributed by atoms with Gasteiger partial charge in [0.1, 0.15) is 5.82 Å². The molecule has 0 radical (unpaired) electrons. The third-order valence-corrected chi connectivity index (χ3v) is 4.26. The Hall–Kier alpha value is -2.38. The lowest BCUT2D eigenvalue weighted by atomic mass is 10.2. The number of rotatable bonds is 6. The molecule has 0 bridgehead atoms. The zero-order valence-corrected chi connectivity index (χ0v) is 14.5. The molecule has 0 saturated heterocycles. The molecule has 1 aromatic heterocycles. The van der Waals surface area contributed by atoms with Crippen LogP contribution >= 0.6 is 23.4 Å². The van der Waals surface area contributed by atoms with E-state index >= 15 is 0 Å². The maximum Gasteiger partial charge on any atom is 0.277 e. The third-order valence-electron chi connectivity index (χ3n) is 3.21. The Labute approximate surface area is 152 Å². The third kappa shape index (κ3) is 5.04. The first-order chi connectivity index (χ1) is 12.1. The summed E-state index contributed by atoms with van der Waals surface area (Å²) in [6, 6.07) is 13.0. The Balaban J connectivity index is 1.50. The van der Waals surface area contributed by atoms with Crippen molar-refractivity contribution in [2.75, 3.05) is 5.75 Å². The Morgan fingerprint density at radius 3 is 2.76 bits per heavy atom. The summed E-state index contributed by atoms with van der Waals surface area (Å²) in [4.78, 5) is 11.9. The molecule has 2 aromatic carbocycles. The van der Waals surface area contributed by atoms with Gasteiger partial charge in [-0.1, -0.05) is 41.6 Å². The molecule has 1 amide bonds. The molecule has 0 spiro atoms. The van der Waals surface area contributed by atoms with Gasteiger partial charge in [-0.3, -0.25) is 4.79 Å². The van der Waals surface area contributed by atoms with E-state index in [1.165, 1.54) is 12.1 Å². The summed E-state index contributed by atoms with van der Waals surface area (Å²) in [5.41, 5.74) is 1.54. The van der Waals surface area contributed by atoms with Crippen molar-refractivity contribution in [2.45, 2.75) is 11.8 Å². The highest BCUT2D eigenvalue weighted by Gasteiger charge is 2.11. The molecular formula is C17H13ClFN3O2S. The maximum atomic E-state index is 12.8. The van der Waals surface area contributed by atoms with Gasteiger partial charge >= 0.3 is 0 Å². The molecule has 3 rings (SSSR count). The van der Waals surface area contributed by atoms with E-state index in [0.29, 0.717) is 28.2 Å². The summed E-state index contributed by atoms with van der Waals surface area (Å²) in [5.74, 6) is -0.00987. The molecule has 0 fully saturated rings. The van der Waals surface area contributed by atoms with Gasteiger partial charge < -0.3 is 9.73 Å². The van der Waals surface area contributed by atoms with Crippen LogP contribution in [0.25, 0.3) is 11.5 Å². The highest BCUT2D eigenvalue weighted by atomic mass is 35.5. The van der Waals surface area contributed by atoms with Crippen LogP contribution in [-0.2, 0) is 11.3 Å². The average Bonchev–Trinajstić information content (AvgIpc) is 3.08. The standard InChI is InChI=1S/C17H13ClFN3O2S/c18-13-3-1-2-12(8-13)16-21-22-17(24-16)25-10-15(23)20-9-11-4-6-14(19)7-5-11/h1-8H,9-10H2,(H,20,23). The Morgan fingerprint density at radius 2 is 2.00 bits per heavy atom. The normalized spacial score (nSPS) is 10.6. The van der Waals surface area contributed by atoms with Crippen molar-refractivity contribution in [2.24, 2.45) is 0 Å². The van der Waals surface area contributed by atoms with Crippen LogP contribution in [0.4, 0.5) is 4.39 Å². The van der Waals surface area contributed by atoms with E-state index in [4.69, 9.17) is 16.0 Å². The molecule has 0 saturated carbocycles. The first-order valence-corrected chi connectivity index (χ1v) is 8.70. The fraction of sp³-hybridized carbons (Fsp3) is 0.118. The number of hydrogen-bond donors (Lipinski definition) is 1. The maximum absolute atomic E-state index is 12.8. The molecular weight excluding hydrogens is 365 g/mol. The highest BCUT2D eigenvalue weighted by molar-refractivity contribution is 7.99. The average molecular weight is 378 g/mol. The molecule has 25 heavy (non-hydrogen) atoms. The van der Waals surface area contributed by atoms with Crippen LogP contribution < -0.4 is 5.32 Å². The van der Waals surface area contributed by atoms with Gasteiger partial charge in [0.25, 0.3) is 5.22 Å². The molecule has 0 aliphatic carbocycles. The molecule has 0 unspecified atom stereocenters. The number of thioether (sulfide) groups is 1. The SMILES string of the molecule is O=C(CSc1nnc(-c2cccc(Cl)c2)o1)NCc1ccc(F)cc1. The summed E-state index contributed by atoms with van der Waals surface area (Å²) in [5, 5.41) is 11.5. The van der Waals surface area contributed by atoms with Crippen molar-refractivity contribution in [3.63, 3.8) is 0 Å². The number of nitrogens with zero attached hydrogens (tertiary/aromatic N) is 2. The van der Waals surface area contributed by atoms with Crippen LogP contribution in [0.5, 0.6) is 0 Å². The van der Waals surface area contributed by atoms with Crippen molar-refractivity contribution in [3.05, 3.63) is 64.9 Å². The Morgan fingerprint density at radius 1 is 1.20 bits per heavy atom.